The number of thioether (sulfide) groups is 2. The maximum atomic E-state index is 6.20. The van der Waals surface area contributed by atoms with Crippen LogP contribution in [-0.2, 0) is 6.42 Å². The van der Waals surface area contributed by atoms with Crippen molar-refractivity contribution in [2.24, 2.45) is 0 Å². The fourth-order valence-corrected chi connectivity index (χ4v) is 6.57. The summed E-state index contributed by atoms with van der Waals surface area (Å²) in [4.78, 5) is 0. The number of nitrogens with one attached hydrogen (secondary N) is 1. The summed E-state index contributed by atoms with van der Waals surface area (Å²) in [7, 11) is 0. The van der Waals surface area contributed by atoms with Crippen LogP contribution >= 0.6 is 35.1 Å². The maximum absolute atomic E-state index is 6.20. The highest BCUT2D eigenvalue weighted by atomic mass is 35.5. The molecule has 0 bridgehead atoms. The highest BCUT2D eigenvalue weighted by Gasteiger charge is 2.38. The quantitative estimate of drug-likeness (QED) is 0.906. The Morgan fingerprint density at radius 1 is 1.16 bits per heavy atom. The third kappa shape index (κ3) is 3.44. The van der Waals surface area contributed by atoms with Crippen LogP contribution in [0.5, 0.6) is 0 Å². The minimum Gasteiger partial charge on any atom is -0.313 e. The van der Waals surface area contributed by atoms with Crippen LogP contribution in [0.25, 0.3) is 0 Å². The third-order valence-corrected chi connectivity index (χ3v) is 7.69. The Morgan fingerprint density at radius 3 is 2.89 bits per heavy atom. The van der Waals surface area contributed by atoms with Crippen molar-refractivity contribution in [1.29, 1.82) is 0 Å². The average molecular weight is 314 g/mol. The van der Waals surface area contributed by atoms with Crippen molar-refractivity contribution in [3.8, 4) is 0 Å². The van der Waals surface area contributed by atoms with Gasteiger partial charge in [0.05, 0.1) is 0 Å². The fraction of sp³-hybridized carbons (Fsp3) is 0.600. The summed E-state index contributed by atoms with van der Waals surface area (Å²) < 4.78 is 0. The average Bonchev–Trinajstić information content (AvgIpc) is 2.85. The van der Waals surface area contributed by atoms with Crippen LogP contribution < -0.4 is 5.32 Å². The zero-order valence-corrected chi connectivity index (χ0v) is 13.4. The molecule has 1 saturated carbocycles. The van der Waals surface area contributed by atoms with Crippen molar-refractivity contribution in [2.45, 2.75) is 35.8 Å². The fourth-order valence-electron chi connectivity index (χ4n) is 3.03. The molecule has 2 fully saturated rings. The van der Waals surface area contributed by atoms with E-state index >= 15 is 0 Å². The molecule has 19 heavy (non-hydrogen) atoms. The predicted octanol–water partition coefficient (Wildman–Crippen LogP) is 3.85. The molecule has 1 aromatic rings. The minimum absolute atomic E-state index is 0.713. The molecule has 3 rings (SSSR count). The number of halogens is 1. The van der Waals surface area contributed by atoms with Gasteiger partial charge in [0, 0.05) is 33.1 Å². The van der Waals surface area contributed by atoms with Crippen molar-refractivity contribution in [2.75, 3.05) is 18.1 Å². The number of hydrogen-bond donors (Lipinski definition) is 1. The third-order valence-electron chi connectivity index (χ3n) is 4.01. The van der Waals surface area contributed by atoms with Gasteiger partial charge >= 0.3 is 0 Å². The number of fused-ring (bicyclic) bond motifs is 1. The molecule has 2 aliphatic rings. The van der Waals surface area contributed by atoms with E-state index in [0.29, 0.717) is 6.04 Å². The van der Waals surface area contributed by atoms with Crippen LogP contribution in [-0.4, -0.2) is 34.6 Å². The topological polar surface area (TPSA) is 12.0 Å². The Balaban J connectivity index is 1.49. The molecular formula is C15H20ClNS2. The standard InChI is InChI=1S/C15H20ClNS2/c16-12-4-2-1-3-11(12)7-8-17-13-5-6-14-15(13)19-10-9-18-14/h1-4,13-15,17H,5-10H2. The van der Waals surface area contributed by atoms with Gasteiger partial charge in [0.25, 0.3) is 0 Å². The Hall–Kier alpha value is 0.170. The van der Waals surface area contributed by atoms with E-state index in [1.165, 1.54) is 29.9 Å². The van der Waals surface area contributed by atoms with Gasteiger partial charge in [0.1, 0.15) is 0 Å². The first-order valence-corrected chi connectivity index (χ1v) is 9.52. The van der Waals surface area contributed by atoms with Crippen LogP contribution in [0.2, 0.25) is 5.02 Å². The molecule has 1 heterocycles. The lowest BCUT2D eigenvalue weighted by molar-refractivity contribution is 0.536. The summed E-state index contributed by atoms with van der Waals surface area (Å²) in [5.74, 6) is 2.67. The molecule has 3 unspecified atom stereocenters. The zero-order chi connectivity index (χ0) is 13.1. The lowest BCUT2D eigenvalue weighted by Crippen LogP contribution is -2.39. The first-order valence-electron chi connectivity index (χ1n) is 7.04. The highest BCUT2D eigenvalue weighted by molar-refractivity contribution is 8.07. The second kappa shape index (κ2) is 6.75. The van der Waals surface area contributed by atoms with Gasteiger partial charge in [-0.05, 0) is 37.4 Å². The second-order valence-corrected chi connectivity index (χ2v) is 8.26. The van der Waals surface area contributed by atoms with Gasteiger partial charge in [0.15, 0.2) is 0 Å². The summed E-state index contributed by atoms with van der Waals surface area (Å²) >= 11 is 10.6. The van der Waals surface area contributed by atoms with Crippen molar-refractivity contribution >= 4 is 35.1 Å². The Morgan fingerprint density at radius 2 is 2.00 bits per heavy atom. The van der Waals surface area contributed by atoms with Gasteiger partial charge in [0.2, 0.25) is 0 Å². The Labute approximate surface area is 129 Å². The lowest BCUT2D eigenvalue weighted by atomic mass is 10.1. The Kier molecular flexibility index (Phi) is 5.02. The molecule has 1 N–H and O–H groups in total. The molecule has 0 amide bonds. The molecule has 0 radical (unpaired) electrons. The summed E-state index contributed by atoms with van der Waals surface area (Å²) in [5.41, 5.74) is 1.26. The van der Waals surface area contributed by atoms with Gasteiger partial charge in [-0.1, -0.05) is 29.8 Å². The van der Waals surface area contributed by atoms with E-state index in [0.717, 1.165) is 28.5 Å². The van der Waals surface area contributed by atoms with Gasteiger partial charge in [-0.3, -0.25) is 0 Å². The summed E-state index contributed by atoms with van der Waals surface area (Å²) in [6.07, 6.45) is 3.77. The monoisotopic (exact) mass is 313 g/mol. The van der Waals surface area contributed by atoms with Crippen LogP contribution in [0.4, 0.5) is 0 Å². The molecular weight excluding hydrogens is 294 g/mol. The molecule has 1 nitrogen and oxygen atoms in total. The summed E-state index contributed by atoms with van der Waals surface area (Å²) in [5, 5.41) is 6.40. The van der Waals surface area contributed by atoms with E-state index in [2.05, 4.69) is 41.0 Å². The van der Waals surface area contributed by atoms with Crippen LogP contribution in [0.3, 0.4) is 0 Å². The zero-order valence-electron chi connectivity index (χ0n) is 11.0. The Bertz CT molecular complexity index is 426. The molecule has 1 saturated heterocycles. The lowest BCUT2D eigenvalue weighted by Gasteiger charge is -2.28. The van der Waals surface area contributed by atoms with Crippen LogP contribution in [0.15, 0.2) is 24.3 Å². The second-order valence-electron chi connectivity index (χ2n) is 5.22. The first kappa shape index (κ1) is 14.1. The molecule has 1 aliphatic carbocycles. The van der Waals surface area contributed by atoms with E-state index < -0.39 is 0 Å². The van der Waals surface area contributed by atoms with Gasteiger partial charge < -0.3 is 5.32 Å². The number of hydrogen-bond acceptors (Lipinski definition) is 3. The molecule has 104 valence electrons. The molecule has 3 atom stereocenters. The van der Waals surface area contributed by atoms with E-state index in [-0.39, 0.29) is 0 Å². The first-order chi connectivity index (χ1) is 9.34. The van der Waals surface area contributed by atoms with Gasteiger partial charge in [-0.25, -0.2) is 0 Å². The van der Waals surface area contributed by atoms with E-state index in [9.17, 15) is 0 Å². The molecule has 4 heteroatoms. The largest absolute Gasteiger partial charge is 0.313 e. The highest BCUT2D eigenvalue weighted by Crippen LogP contribution is 2.41. The van der Waals surface area contributed by atoms with E-state index in [1.807, 2.05) is 12.1 Å². The van der Waals surface area contributed by atoms with Crippen molar-refractivity contribution in [3.63, 3.8) is 0 Å². The van der Waals surface area contributed by atoms with Gasteiger partial charge in [-0.15, -0.1) is 0 Å². The minimum atomic E-state index is 0.713. The smallest absolute Gasteiger partial charge is 0.0438 e. The van der Waals surface area contributed by atoms with Crippen molar-refractivity contribution in [1.82, 2.24) is 5.32 Å². The van der Waals surface area contributed by atoms with Crippen molar-refractivity contribution in [3.05, 3.63) is 34.9 Å². The normalized spacial score (nSPS) is 30.3. The molecule has 1 aliphatic heterocycles. The SMILES string of the molecule is Clc1ccccc1CCNC1CCC2SCCSC12. The van der Waals surface area contributed by atoms with Crippen LogP contribution in [0, 0.1) is 0 Å². The summed E-state index contributed by atoms with van der Waals surface area (Å²) in [6.45, 7) is 1.04. The molecule has 0 spiro atoms. The number of rotatable bonds is 4. The maximum Gasteiger partial charge on any atom is 0.0438 e. The molecule has 0 aromatic heterocycles. The predicted molar refractivity (Wildman–Crippen MR) is 88.7 cm³/mol. The van der Waals surface area contributed by atoms with Gasteiger partial charge in [-0.2, -0.15) is 23.5 Å². The van der Waals surface area contributed by atoms with E-state index in [4.69, 9.17) is 11.6 Å². The molecule has 1 aromatic carbocycles. The summed E-state index contributed by atoms with van der Waals surface area (Å²) in [6, 6.07) is 8.89. The van der Waals surface area contributed by atoms with Crippen molar-refractivity contribution < 1.29 is 0 Å². The number of benzene rings is 1. The van der Waals surface area contributed by atoms with E-state index in [1.54, 1.807) is 0 Å². The van der Waals surface area contributed by atoms with Crippen LogP contribution in [0.1, 0.15) is 18.4 Å².